The van der Waals surface area contributed by atoms with Gasteiger partial charge in [-0.1, -0.05) is 81.6 Å². The summed E-state index contributed by atoms with van der Waals surface area (Å²) in [4.78, 5) is 0. The van der Waals surface area contributed by atoms with Gasteiger partial charge in [0.1, 0.15) is 0 Å². The summed E-state index contributed by atoms with van der Waals surface area (Å²) in [7, 11) is 0. The van der Waals surface area contributed by atoms with Crippen molar-refractivity contribution in [2.45, 2.75) is 133 Å². The Hall–Kier alpha value is -0.0800. The summed E-state index contributed by atoms with van der Waals surface area (Å²) in [5.74, 6) is 10.4. The molecule has 0 aromatic carbocycles. The molecular formula is C36H70N2. The van der Waals surface area contributed by atoms with Crippen molar-refractivity contribution in [2.75, 3.05) is 13.1 Å². The van der Waals surface area contributed by atoms with E-state index in [4.69, 9.17) is 11.5 Å². The van der Waals surface area contributed by atoms with Crippen molar-refractivity contribution < 1.29 is 0 Å². The summed E-state index contributed by atoms with van der Waals surface area (Å²) in [5.41, 5.74) is 13.9. The van der Waals surface area contributed by atoms with Gasteiger partial charge in [0.25, 0.3) is 0 Å². The molecule has 10 unspecified atom stereocenters. The predicted octanol–water partition coefficient (Wildman–Crippen LogP) is 9.41. The molecule has 10 atom stereocenters. The number of hydrogen-bond acceptors (Lipinski definition) is 2. The van der Waals surface area contributed by atoms with Crippen LogP contribution in [0, 0.1) is 82.3 Å². The van der Waals surface area contributed by atoms with Gasteiger partial charge in [-0.05, 0) is 147 Å². The fourth-order valence-electron chi connectivity index (χ4n) is 10.8. The van der Waals surface area contributed by atoms with Gasteiger partial charge < -0.3 is 11.5 Å². The maximum Gasteiger partial charge on any atom is -0.00459 e. The molecule has 3 saturated carbocycles. The van der Waals surface area contributed by atoms with Gasteiger partial charge in [0.05, 0.1) is 0 Å². The average Bonchev–Trinajstić information content (AvgIpc) is 2.85. The highest BCUT2D eigenvalue weighted by Crippen LogP contribution is 2.61. The summed E-state index contributed by atoms with van der Waals surface area (Å²) >= 11 is 0. The molecule has 38 heavy (non-hydrogen) atoms. The highest BCUT2D eigenvalue weighted by Gasteiger charge is 2.54. The van der Waals surface area contributed by atoms with Crippen molar-refractivity contribution in [2.24, 2.45) is 93.8 Å². The molecular weight excluding hydrogens is 460 g/mol. The SMILES string of the molecule is CC1CCC(C(C)C)C(C(CN)CC(CCN)(C2CC(C)CCC2C(C)C)C2CC(C)CCC2C(C)C)C1. The van der Waals surface area contributed by atoms with Crippen molar-refractivity contribution in [1.29, 1.82) is 0 Å². The second-order valence-electron chi connectivity index (χ2n) is 16.3. The molecule has 0 heterocycles. The summed E-state index contributed by atoms with van der Waals surface area (Å²) < 4.78 is 0. The van der Waals surface area contributed by atoms with Crippen LogP contribution in [0.3, 0.4) is 0 Å². The fourth-order valence-corrected chi connectivity index (χ4v) is 10.8. The number of hydrogen-bond donors (Lipinski definition) is 2. The van der Waals surface area contributed by atoms with Crippen LogP contribution >= 0.6 is 0 Å². The molecule has 4 N–H and O–H groups in total. The zero-order chi connectivity index (χ0) is 28.2. The molecule has 3 rings (SSSR count). The third kappa shape index (κ3) is 7.21. The molecule has 0 aromatic rings. The summed E-state index contributed by atoms with van der Waals surface area (Å²) in [6.45, 7) is 24.4. The van der Waals surface area contributed by atoms with Gasteiger partial charge in [0, 0.05) is 0 Å². The summed E-state index contributed by atoms with van der Waals surface area (Å²) in [6, 6.07) is 0. The molecule has 0 radical (unpaired) electrons. The minimum atomic E-state index is 0.342. The van der Waals surface area contributed by atoms with Gasteiger partial charge in [-0.3, -0.25) is 0 Å². The molecule has 0 spiro atoms. The quantitative estimate of drug-likeness (QED) is 0.279. The molecule has 224 valence electrons. The molecule has 0 bridgehead atoms. The molecule has 0 saturated heterocycles. The van der Waals surface area contributed by atoms with Crippen LogP contribution in [0.1, 0.15) is 133 Å². The second kappa shape index (κ2) is 14.2. The maximum atomic E-state index is 6.89. The predicted molar refractivity (Wildman–Crippen MR) is 168 cm³/mol. The number of nitrogens with two attached hydrogens (primary N) is 2. The van der Waals surface area contributed by atoms with E-state index in [0.717, 1.165) is 84.1 Å². The normalized spacial score (nSPS) is 39.5. The maximum absolute atomic E-state index is 6.89. The topological polar surface area (TPSA) is 52.0 Å². The standard InChI is InChI=1S/C36H70N2/c1-23(2)30-13-10-26(7)18-33(30)29(22-38)21-36(16-17-37,34-19-27(8)11-14-31(34)24(3)4)35-20-28(9)12-15-32(35)25(5)6/h23-35H,10-22,37-38H2,1-9H3. The van der Waals surface area contributed by atoms with Crippen LogP contribution in [0.25, 0.3) is 0 Å². The first-order valence-corrected chi connectivity index (χ1v) is 17.3. The molecule has 3 aliphatic carbocycles. The van der Waals surface area contributed by atoms with Crippen molar-refractivity contribution in [3.63, 3.8) is 0 Å². The molecule has 2 heteroatoms. The van der Waals surface area contributed by atoms with Gasteiger partial charge in [-0.25, -0.2) is 0 Å². The van der Waals surface area contributed by atoms with E-state index >= 15 is 0 Å². The second-order valence-corrected chi connectivity index (χ2v) is 16.3. The van der Waals surface area contributed by atoms with E-state index in [0.29, 0.717) is 11.3 Å². The van der Waals surface area contributed by atoms with Crippen LogP contribution in [-0.4, -0.2) is 13.1 Å². The van der Waals surface area contributed by atoms with E-state index in [2.05, 4.69) is 62.3 Å². The third-order valence-corrected chi connectivity index (χ3v) is 12.8. The molecule has 3 aliphatic rings. The Morgan fingerprint density at radius 2 is 1.00 bits per heavy atom. The first-order valence-electron chi connectivity index (χ1n) is 17.3. The minimum Gasteiger partial charge on any atom is -0.330 e. The molecule has 0 aliphatic heterocycles. The van der Waals surface area contributed by atoms with E-state index in [1.165, 1.54) is 70.6 Å². The lowest BCUT2D eigenvalue weighted by Crippen LogP contribution is -2.53. The fraction of sp³-hybridized carbons (Fsp3) is 1.00. The molecule has 3 fully saturated rings. The van der Waals surface area contributed by atoms with Crippen molar-refractivity contribution >= 4 is 0 Å². The Kier molecular flexibility index (Phi) is 12.1. The van der Waals surface area contributed by atoms with Gasteiger partial charge in [-0.2, -0.15) is 0 Å². The van der Waals surface area contributed by atoms with Crippen molar-refractivity contribution in [3.8, 4) is 0 Å². The van der Waals surface area contributed by atoms with Gasteiger partial charge in [0.2, 0.25) is 0 Å². The Balaban J connectivity index is 2.15. The van der Waals surface area contributed by atoms with Crippen LogP contribution in [-0.2, 0) is 0 Å². The summed E-state index contributed by atoms with van der Waals surface area (Å²) in [5, 5.41) is 0. The van der Waals surface area contributed by atoms with Crippen LogP contribution in [0.4, 0.5) is 0 Å². The van der Waals surface area contributed by atoms with E-state index in [1.807, 2.05) is 0 Å². The van der Waals surface area contributed by atoms with E-state index < -0.39 is 0 Å². The zero-order valence-electron chi connectivity index (χ0n) is 27.4. The first-order chi connectivity index (χ1) is 17.9. The van der Waals surface area contributed by atoms with Crippen LogP contribution in [0.5, 0.6) is 0 Å². The van der Waals surface area contributed by atoms with E-state index in [1.54, 1.807) is 0 Å². The van der Waals surface area contributed by atoms with Crippen molar-refractivity contribution in [3.05, 3.63) is 0 Å². The first kappa shape index (κ1) is 32.4. The van der Waals surface area contributed by atoms with E-state index in [9.17, 15) is 0 Å². The average molecular weight is 531 g/mol. The van der Waals surface area contributed by atoms with Crippen LogP contribution in [0.15, 0.2) is 0 Å². The number of rotatable bonds is 11. The molecule has 2 nitrogen and oxygen atoms in total. The van der Waals surface area contributed by atoms with Gasteiger partial charge in [-0.15, -0.1) is 0 Å². The Morgan fingerprint density at radius 3 is 1.39 bits per heavy atom. The van der Waals surface area contributed by atoms with Gasteiger partial charge in [0.15, 0.2) is 0 Å². The molecule has 0 amide bonds. The van der Waals surface area contributed by atoms with Crippen LogP contribution < -0.4 is 11.5 Å². The Morgan fingerprint density at radius 1 is 0.579 bits per heavy atom. The monoisotopic (exact) mass is 531 g/mol. The Labute approximate surface area is 239 Å². The molecule has 0 aromatic heterocycles. The van der Waals surface area contributed by atoms with Crippen molar-refractivity contribution in [1.82, 2.24) is 0 Å². The highest BCUT2D eigenvalue weighted by atomic mass is 14.7. The highest BCUT2D eigenvalue weighted by molar-refractivity contribution is 5.04. The Bertz CT molecular complexity index is 651. The smallest absolute Gasteiger partial charge is 0.00459 e. The van der Waals surface area contributed by atoms with Crippen LogP contribution in [0.2, 0.25) is 0 Å². The van der Waals surface area contributed by atoms with E-state index in [-0.39, 0.29) is 0 Å². The summed E-state index contributed by atoms with van der Waals surface area (Å²) in [6.07, 6.45) is 15.3. The van der Waals surface area contributed by atoms with Gasteiger partial charge >= 0.3 is 0 Å². The lowest BCUT2D eigenvalue weighted by Gasteiger charge is -2.59. The lowest BCUT2D eigenvalue weighted by atomic mass is 9.46. The lowest BCUT2D eigenvalue weighted by molar-refractivity contribution is -0.0989. The zero-order valence-corrected chi connectivity index (χ0v) is 27.4. The minimum absolute atomic E-state index is 0.342. The largest absolute Gasteiger partial charge is 0.330 e. The third-order valence-electron chi connectivity index (χ3n) is 12.8.